The van der Waals surface area contributed by atoms with E-state index in [0.717, 1.165) is 6.42 Å². The van der Waals surface area contributed by atoms with Crippen molar-refractivity contribution in [2.45, 2.75) is 13.3 Å². The minimum absolute atomic E-state index is 0.0661. The number of hydrogen-bond acceptors (Lipinski definition) is 6. The van der Waals surface area contributed by atoms with Crippen LogP contribution in [-0.2, 0) is 4.84 Å². The third kappa shape index (κ3) is 4.95. The fourth-order valence-electron chi connectivity index (χ4n) is 2.33. The number of nitrogens with zero attached hydrogens (tertiary/aromatic N) is 3. The van der Waals surface area contributed by atoms with E-state index in [1.807, 2.05) is 6.92 Å². The van der Waals surface area contributed by atoms with Gasteiger partial charge in [0.25, 0.3) is 0 Å². The zero-order valence-corrected chi connectivity index (χ0v) is 15.3. The van der Waals surface area contributed by atoms with E-state index in [0.29, 0.717) is 40.6 Å². The molecule has 0 spiro atoms. The standard InChI is InChI=1S/C21H18FN3O3/c1-2-10-27-24-20(14-26-18-5-3-4-15(11-18)13-23)21-12-19(25-28-21)16-6-8-17(22)9-7-16/h3-9,11-12H,2,10,14H2,1H3/b24-20+. The Labute approximate surface area is 161 Å². The lowest BCUT2D eigenvalue weighted by Gasteiger charge is -2.07. The molecule has 2 aromatic carbocycles. The second kappa shape index (κ2) is 9.33. The quantitative estimate of drug-likeness (QED) is 0.325. The average Bonchev–Trinajstić information content (AvgIpc) is 3.21. The summed E-state index contributed by atoms with van der Waals surface area (Å²) in [6, 6.07) is 16.5. The van der Waals surface area contributed by atoms with E-state index in [1.165, 1.54) is 12.1 Å². The van der Waals surface area contributed by atoms with Gasteiger partial charge in [0.2, 0.25) is 0 Å². The summed E-state index contributed by atoms with van der Waals surface area (Å²) in [4.78, 5) is 5.28. The molecule has 0 N–H and O–H groups in total. The zero-order chi connectivity index (χ0) is 19.8. The molecule has 3 rings (SSSR count). The van der Waals surface area contributed by atoms with Crippen LogP contribution in [-0.4, -0.2) is 24.1 Å². The lowest BCUT2D eigenvalue weighted by Crippen LogP contribution is -2.13. The first-order chi connectivity index (χ1) is 13.7. The van der Waals surface area contributed by atoms with Gasteiger partial charge in [-0.05, 0) is 48.9 Å². The Hall–Kier alpha value is -3.66. The van der Waals surface area contributed by atoms with Crippen molar-refractivity contribution in [3.8, 4) is 23.1 Å². The summed E-state index contributed by atoms with van der Waals surface area (Å²) in [5.74, 6) is 0.586. The Morgan fingerprint density at radius 3 is 2.79 bits per heavy atom. The van der Waals surface area contributed by atoms with E-state index in [-0.39, 0.29) is 12.4 Å². The summed E-state index contributed by atoms with van der Waals surface area (Å²) in [6.45, 7) is 2.49. The number of aromatic nitrogens is 1. The summed E-state index contributed by atoms with van der Waals surface area (Å²) in [6.07, 6.45) is 0.805. The molecule has 0 saturated carbocycles. The smallest absolute Gasteiger partial charge is 0.188 e. The summed E-state index contributed by atoms with van der Waals surface area (Å²) < 4.78 is 24.2. The minimum atomic E-state index is -0.323. The third-order valence-corrected chi connectivity index (χ3v) is 3.74. The highest BCUT2D eigenvalue weighted by molar-refractivity contribution is 5.99. The van der Waals surface area contributed by atoms with Crippen LogP contribution in [0.1, 0.15) is 24.7 Å². The van der Waals surface area contributed by atoms with Crippen LogP contribution in [0.4, 0.5) is 4.39 Å². The van der Waals surface area contributed by atoms with Gasteiger partial charge in [-0.25, -0.2) is 4.39 Å². The van der Waals surface area contributed by atoms with Gasteiger partial charge in [-0.2, -0.15) is 5.26 Å². The highest BCUT2D eigenvalue weighted by Gasteiger charge is 2.15. The van der Waals surface area contributed by atoms with Crippen molar-refractivity contribution in [3.05, 3.63) is 71.7 Å². The van der Waals surface area contributed by atoms with Crippen LogP contribution < -0.4 is 4.74 Å². The largest absolute Gasteiger partial charge is 0.487 e. The topological polar surface area (TPSA) is 80.6 Å². The molecule has 0 aliphatic carbocycles. The van der Waals surface area contributed by atoms with E-state index < -0.39 is 0 Å². The van der Waals surface area contributed by atoms with E-state index in [9.17, 15) is 4.39 Å². The first-order valence-electron chi connectivity index (χ1n) is 8.74. The van der Waals surface area contributed by atoms with Crippen molar-refractivity contribution in [1.29, 1.82) is 5.26 Å². The van der Waals surface area contributed by atoms with Crippen LogP contribution in [0.5, 0.6) is 5.75 Å². The molecule has 0 bridgehead atoms. The lowest BCUT2D eigenvalue weighted by molar-refractivity contribution is 0.142. The van der Waals surface area contributed by atoms with E-state index in [4.69, 9.17) is 19.4 Å². The van der Waals surface area contributed by atoms with Crippen molar-refractivity contribution in [1.82, 2.24) is 5.16 Å². The Kier molecular flexibility index (Phi) is 6.37. The fourth-order valence-corrected chi connectivity index (χ4v) is 2.33. The van der Waals surface area contributed by atoms with Gasteiger partial charge in [0.05, 0.1) is 11.6 Å². The predicted molar refractivity (Wildman–Crippen MR) is 101 cm³/mol. The van der Waals surface area contributed by atoms with Gasteiger partial charge in [-0.15, -0.1) is 0 Å². The second-order valence-electron chi connectivity index (χ2n) is 5.88. The molecule has 0 radical (unpaired) electrons. The monoisotopic (exact) mass is 379 g/mol. The molecule has 0 atom stereocenters. The van der Waals surface area contributed by atoms with Gasteiger partial charge >= 0.3 is 0 Å². The molecule has 28 heavy (non-hydrogen) atoms. The lowest BCUT2D eigenvalue weighted by atomic mass is 10.1. The number of ether oxygens (including phenoxy) is 1. The number of nitriles is 1. The van der Waals surface area contributed by atoms with Crippen molar-refractivity contribution < 1.29 is 18.5 Å². The molecule has 0 saturated heterocycles. The molecule has 7 heteroatoms. The van der Waals surface area contributed by atoms with Gasteiger partial charge in [0.1, 0.15) is 30.5 Å². The summed E-state index contributed by atoms with van der Waals surface area (Å²) in [5.41, 5.74) is 2.17. The molecule has 6 nitrogen and oxygen atoms in total. The van der Waals surface area contributed by atoms with Crippen LogP contribution in [0, 0.1) is 17.1 Å². The Balaban J connectivity index is 1.79. The van der Waals surface area contributed by atoms with Crippen molar-refractivity contribution >= 4 is 5.71 Å². The zero-order valence-electron chi connectivity index (χ0n) is 15.3. The van der Waals surface area contributed by atoms with Crippen molar-refractivity contribution in [3.63, 3.8) is 0 Å². The number of oxime groups is 1. The van der Waals surface area contributed by atoms with Gasteiger partial charge < -0.3 is 14.1 Å². The van der Waals surface area contributed by atoms with E-state index in [1.54, 1.807) is 42.5 Å². The number of halogens is 1. The maximum atomic E-state index is 13.1. The normalized spacial score (nSPS) is 11.1. The molecule has 0 fully saturated rings. The van der Waals surface area contributed by atoms with Crippen LogP contribution in [0.25, 0.3) is 11.3 Å². The predicted octanol–water partition coefficient (Wildman–Crippen LogP) is 4.56. The van der Waals surface area contributed by atoms with E-state index >= 15 is 0 Å². The van der Waals surface area contributed by atoms with Gasteiger partial charge in [-0.1, -0.05) is 23.3 Å². The third-order valence-electron chi connectivity index (χ3n) is 3.74. The van der Waals surface area contributed by atoms with E-state index in [2.05, 4.69) is 16.4 Å². The van der Waals surface area contributed by atoms with Gasteiger partial charge in [-0.3, -0.25) is 0 Å². The number of rotatable bonds is 8. The first-order valence-corrected chi connectivity index (χ1v) is 8.74. The molecule has 142 valence electrons. The highest BCUT2D eigenvalue weighted by Crippen LogP contribution is 2.20. The number of hydrogen-bond donors (Lipinski definition) is 0. The summed E-state index contributed by atoms with van der Waals surface area (Å²) in [5, 5.41) is 17.1. The average molecular weight is 379 g/mol. The molecule has 0 aliphatic heterocycles. The second-order valence-corrected chi connectivity index (χ2v) is 5.88. The maximum Gasteiger partial charge on any atom is 0.188 e. The first kappa shape index (κ1) is 19.1. The van der Waals surface area contributed by atoms with Crippen LogP contribution in [0.15, 0.2) is 64.3 Å². The van der Waals surface area contributed by atoms with Crippen LogP contribution >= 0.6 is 0 Å². The van der Waals surface area contributed by atoms with Gasteiger partial charge in [0.15, 0.2) is 11.5 Å². The van der Waals surface area contributed by atoms with Gasteiger partial charge in [0, 0.05) is 11.6 Å². The molecule has 0 aliphatic rings. The fraction of sp³-hybridized carbons (Fsp3) is 0.190. The van der Waals surface area contributed by atoms with Crippen LogP contribution in [0.2, 0.25) is 0 Å². The summed E-state index contributed by atoms with van der Waals surface area (Å²) in [7, 11) is 0. The highest BCUT2D eigenvalue weighted by atomic mass is 19.1. The summed E-state index contributed by atoms with van der Waals surface area (Å²) >= 11 is 0. The molecule has 3 aromatic rings. The molecular formula is C21H18FN3O3. The van der Waals surface area contributed by atoms with Crippen LogP contribution in [0.3, 0.4) is 0 Å². The molecule has 0 amide bonds. The SMILES string of the molecule is CCCO/N=C(\COc1cccc(C#N)c1)c1cc(-c2ccc(F)cc2)no1. The Morgan fingerprint density at radius 1 is 1.21 bits per heavy atom. The van der Waals surface area contributed by atoms with Crippen molar-refractivity contribution in [2.24, 2.45) is 5.16 Å². The molecule has 1 aromatic heterocycles. The van der Waals surface area contributed by atoms with Crippen molar-refractivity contribution in [2.75, 3.05) is 13.2 Å². The molecular weight excluding hydrogens is 361 g/mol. The number of benzene rings is 2. The Morgan fingerprint density at radius 2 is 2.04 bits per heavy atom. The maximum absolute atomic E-state index is 13.1. The molecule has 0 unspecified atom stereocenters. The Bertz CT molecular complexity index is 991. The molecule has 1 heterocycles. The minimum Gasteiger partial charge on any atom is -0.487 e.